The van der Waals surface area contributed by atoms with Gasteiger partial charge in [0.15, 0.2) is 0 Å². The van der Waals surface area contributed by atoms with E-state index in [0.29, 0.717) is 0 Å². The second kappa shape index (κ2) is 12.3. The Kier molecular flexibility index (Phi) is 9.14. The molecule has 0 fully saturated rings. The average Bonchev–Trinajstić information content (AvgIpc) is 2.82. The number of ether oxygens (including phenoxy) is 2. The number of benzene rings is 3. The molecule has 2 heteroatoms. The topological polar surface area (TPSA) is 18.5 Å². The van der Waals surface area contributed by atoms with Crippen molar-refractivity contribution in [3.63, 3.8) is 0 Å². The summed E-state index contributed by atoms with van der Waals surface area (Å²) in [6.07, 6.45) is 5.84. The minimum Gasteiger partial charge on any atom is -0.382 e. The zero-order valence-electron chi connectivity index (χ0n) is 18.1. The summed E-state index contributed by atoms with van der Waals surface area (Å²) in [4.78, 5) is 0. The van der Waals surface area contributed by atoms with Crippen LogP contribution < -0.4 is 0 Å². The van der Waals surface area contributed by atoms with Crippen LogP contribution in [0.1, 0.15) is 55.7 Å². The predicted octanol–water partition coefficient (Wildman–Crippen LogP) is 6.98. The summed E-state index contributed by atoms with van der Waals surface area (Å²) in [6.45, 7) is 4.47. The Hall–Kier alpha value is -2.42. The van der Waals surface area contributed by atoms with Gasteiger partial charge in [-0.3, -0.25) is 0 Å². The molecule has 0 aromatic heterocycles. The summed E-state index contributed by atoms with van der Waals surface area (Å²) in [5.41, 5.74) is 2.90. The maximum Gasteiger partial charge on any atom is 0.143 e. The molecule has 3 rings (SSSR count). The second-order valence-corrected chi connectivity index (χ2v) is 7.59. The third-order valence-corrected chi connectivity index (χ3v) is 5.50. The van der Waals surface area contributed by atoms with Crippen molar-refractivity contribution in [1.29, 1.82) is 0 Å². The van der Waals surface area contributed by atoms with Crippen LogP contribution in [-0.2, 0) is 15.1 Å². The fourth-order valence-corrected chi connectivity index (χ4v) is 3.97. The van der Waals surface area contributed by atoms with Crippen LogP contribution >= 0.6 is 0 Å². The Morgan fingerprint density at radius 1 is 0.533 bits per heavy atom. The van der Waals surface area contributed by atoms with Crippen LogP contribution in [0.15, 0.2) is 91.0 Å². The molecule has 30 heavy (non-hydrogen) atoms. The Morgan fingerprint density at radius 3 is 1.37 bits per heavy atom. The van der Waals surface area contributed by atoms with Gasteiger partial charge in [-0.15, -0.1) is 0 Å². The summed E-state index contributed by atoms with van der Waals surface area (Å²) < 4.78 is 12.2. The van der Waals surface area contributed by atoms with E-state index in [0.717, 1.165) is 32.7 Å². The van der Waals surface area contributed by atoms with Gasteiger partial charge in [0.1, 0.15) is 5.60 Å². The Labute approximate surface area is 181 Å². The first-order valence-electron chi connectivity index (χ1n) is 11.3. The molecule has 0 unspecified atom stereocenters. The van der Waals surface area contributed by atoms with Crippen LogP contribution in [0, 0.1) is 0 Å². The van der Waals surface area contributed by atoms with Crippen LogP contribution in [0.3, 0.4) is 0 Å². The Bertz CT molecular complexity index is 718. The standard InChI is InChI=1S/C28H34O2/c1-2-29-23-15-4-3-5-16-24-30-28(25-17-9-6-10-18-25,26-19-11-7-12-20-26)27-21-13-8-14-22-27/h6-14,17-22H,2-5,15-16,23-24H2,1H3. The number of unbranched alkanes of at least 4 members (excludes halogenated alkanes) is 4. The van der Waals surface area contributed by atoms with Gasteiger partial charge < -0.3 is 9.47 Å². The van der Waals surface area contributed by atoms with Crippen LogP contribution in [0.2, 0.25) is 0 Å². The molecule has 0 amide bonds. The molecule has 0 bridgehead atoms. The van der Waals surface area contributed by atoms with Crippen molar-refractivity contribution < 1.29 is 9.47 Å². The highest BCUT2D eigenvalue weighted by atomic mass is 16.5. The van der Waals surface area contributed by atoms with Crippen molar-refractivity contribution in [2.45, 2.75) is 44.6 Å². The largest absolute Gasteiger partial charge is 0.382 e. The summed E-state index contributed by atoms with van der Waals surface area (Å²) >= 11 is 0. The average molecular weight is 403 g/mol. The van der Waals surface area contributed by atoms with Gasteiger partial charge in [-0.05, 0) is 36.5 Å². The van der Waals surface area contributed by atoms with Crippen molar-refractivity contribution in [1.82, 2.24) is 0 Å². The normalized spacial score (nSPS) is 11.5. The minimum atomic E-state index is -0.598. The lowest BCUT2D eigenvalue weighted by Crippen LogP contribution is -2.33. The van der Waals surface area contributed by atoms with Gasteiger partial charge in [-0.2, -0.15) is 0 Å². The highest BCUT2D eigenvalue weighted by molar-refractivity contribution is 5.47. The van der Waals surface area contributed by atoms with Gasteiger partial charge in [0.05, 0.1) is 0 Å². The quantitative estimate of drug-likeness (QED) is 0.227. The summed E-state index contributed by atoms with van der Waals surface area (Å²) in [5, 5.41) is 0. The van der Waals surface area contributed by atoms with Crippen molar-refractivity contribution in [3.05, 3.63) is 108 Å². The van der Waals surface area contributed by atoms with E-state index in [2.05, 4.69) is 97.9 Å². The van der Waals surface area contributed by atoms with Gasteiger partial charge in [0.25, 0.3) is 0 Å². The summed E-state index contributed by atoms with van der Waals surface area (Å²) in [6, 6.07) is 31.8. The minimum absolute atomic E-state index is 0.598. The molecule has 158 valence electrons. The highest BCUT2D eigenvalue weighted by Gasteiger charge is 2.37. The van der Waals surface area contributed by atoms with E-state index in [1.807, 2.05) is 0 Å². The first kappa shape index (κ1) is 22.3. The zero-order valence-corrected chi connectivity index (χ0v) is 18.1. The van der Waals surface area contributed by atoms with E-state index in [4.69, 9.17) is 9.47 Å². The molecular weight excluding hydrogens is 368 g/mol. The number of hydrogen-bond acceptors (Lipinski definition) is 2. The molecule has 3 aromatic carbocycles. The van der Waals surface area contributed by atoms with Crippen molar-refractivity contribution >= 4 is 0 Å². The van der Waals surface area contributed by atoms with E-state index in [1.54, 1.807) is 0 Å². The lowest BCUT2D eigenvalue weighted by Gasteiger charge is -2.36. The van der Waals surface area contributed by atoms with Crippen LogP contribution in [0.5, 0.6) is 0 Å². The van der Waals surface area contributed by atoms with Crippen molar-refractivity contribution in [3.8, 4) is 0 Å². The monoisotopic (exact) mass is 402 g/mol. The molecule has 0 spiro atoms. The van der Waals surface area contributed by atoms with Crippen molar-refractivity contribution in [2.75, 3.05) is 19.8 Å². The molecule has 0 N–H and O–H groups in total. The molecule has 2 nitrogen and oxygen atoms in total. The van der Waals surface area contributed by atoms with E-state index >= 15 is 0 Å². The van der Waals surface area contributed by atoms with Gasteiger partial charge in [0, 0.05) is 19.8 Å². The molecule has 0 radical (unpaired) electrons. The first-order valence-corrected chi connectivity index (χ1v) is 11.3. The molecule has 0 aliphatic rings. The lowest BCUT2D eigenvalue weighted by molar-refractivity contribution is 0.0106. The van der Waals surface area contributed by atoms with Gasteiger partial charge >= 0.3 is 0 Å². The van der Waals surface area contributed by atoms with Gasteiger partial charge in [-0.25, -0.2) is 0 Å². The van der Waals surface area contributed by atoms with E-state index in [9.17, 15) is 0 Å². The maximum absolute atomic E-state index is 6.81. The summed E-state index contributed by atoms with van der Waals surface area (Å²) in [5.74, 6) is 0. The van der Waals surface area contributed by atoms with Crippen molar-refractivity contribution in [2.24, 2.45) is 0 Å². The lowest BCUT2D eigenvalue weighted by atomic mass is 9.80. The zero-order chi connectivity index (χ0) is 20.9. The smallest absolute Gasteiger partial charge is 0.143 e. The van der Waals surface area contributed by atoms with Crippen LogP contribution in [0.25, 0.3) is 0 Å². The fourth-order valence-electron chi connectivity index (χ4n) is 3.97. The molecule has 0 aliphatic carbocycles. The van der Waals surface area contributed by atoms with E-state index in [-0.39, 0.29) is 0 Å². The Morgan fingerprint density at radius 2 is 0.933 bits per heavy atom. The second-order valence-electron chi connectivity index (χ2n) is 7.59. The van der Waals surface area contributed by atoms with Gasteiger partial charge in [-0.1, -0.05) is 110 Å². The van der Waals surface area contributed by atoms with Crippen LogP contribution in [-0.4, -0.2) is 19.8 Å². The molecular formula is C28H34O2. The molecule has 0 heterocycles. The Balaban J connectivity index is 1.77. The third-order valence-electron chi connectivity index (χ3n) is 5.50. The highest BCUT2D eigenvalue weighted by Crippen LogP contribution is 2.40. The SMILES string of the molecule is CCOCCCCCCCOC(c1ccccc1)(c1ccccc1)c1ccccc1. The van der Waals surface area contributed by atoms with E-state index in [1.165, 1.54) is 36.0 Å². The number of hydrogen-bond donors (Lipinski definition) is 0. The molecule has 0 saturated carbocycles. The summed E-state index contributed by atoms with van der Waals surface area (Å²) in [7, 11) is 0. The first-order chi connectivity index (χ1) is 14.9. The molecule has 0 atom stereocenters. The van der Waals surface area contributed by atoms with E-state index < -0.39 is 5.60 Å². The predicted molar refractivity (Wildman–Crippen MR) is 125 cm³/mol. The van der Waals surface area contributed by atoms with Gasteiger partial charge in [0.2, 0.25) is 0 Å². The fraction of sp³-hybridized carbons (Fsp3) is 0.357. The molecule has 0 aliphatic heterocycles. The molecule has 3 aromatic rings. The maximum atomic E-state index is 6.81. The van der Waals surface area contributed by atoms with Crippen LogP contribution in [0.4, 0.5) is 0 Å². The third kappa shape index (κ3) is 5.81. The number of rotatable bonds is 13. The molecule has 0 saturated heterocycles.